The zero-order chi connectivity index (χ0) is 7.68. The lowest BCUT2D eigenvalue weighted by Crippen LogP contribution is -1.90. The van der Waals surface area contributed by atoms with Crippen molar-refractivity contribution < 1.29 is 0 Å². The molecular weight excluding hydrogens is 195 g/mol. The van der Waals surface area contributed by atoms with Gasteiger partial charge in [-0.2, -0.15) is 0 Å². The van der Waals surface area contributed by atoms with E-state index in [1.807, 2.05) is 28.8 Å². The van der Waals surface area contributed by atoms with Crippen molar-refractivity contribution in [3.63, 3.8) is 0 Å². The molecule has 2 heterocycles. The summed E-state index contributed by atoms with van der Waals surface area (Å²) in [5, 5.41) is 0. The van der Waals surface area contributed by atoms with Gasteiger partial charge in [0.15, 0.2) is 0 Å². The summed E-state index contributed by atoms with van der Waals surface area (Å²) in [6, 6.07) is 5.90. The number of fused-ring (bicyclic) bond motifs is 1. The number of hydrogen-bond acceptors (Lipinski definition) is 1. The van der Waals surface area contributed by atoms with Gasteiger partial charge in [-0.1, -0.05) is 6.07 Å². The Morgan fingerprint density at radius 2 is 2.25 bits per heavy atom. The smallest absolute Gasteiger partial charge is 0.136 e. The predicted octanol–water partition coefficient (Wildman–Crippen LogP) is 2.49. The first-order chi connectivity index (χ1) is 5.42. The molecule has 0 fully saturated rings. The first-order valence-corrected chi connectivity index (χ1v) is 3.92. The van der Waals surface area contributed by atoms with E-state index in [1.165, 1.54) is 0 Å². The van der Waals surface area contributed by atoms with E-state index in [0.717, 1.165) is 11.3 Å². The molecule has 0 spiro atoms. The second-order valence-corrected chi connectivity index (χ2v) is 2.57. The monoisotopic (exact) mass is 202 g/mol. The zero-order valence-electron chi connectivity index (χ0n) is 6.27. The normalized spacial score (nSPS) is 9.75. The molecule has 0 amide bonds. The van der Waals surface area contributed by atoms with E-state index in [4.69, 9.17) is 11.6 Å². The van der Waals surface area contributed by atoms with Crippen LogP contribution in [0.15, 0.2) is 30.6 Å². The third-order valence-electron chi connectivity index (χ3n) is 1.65. The Bertz CT molecular complexity index is 370. The highest BCUT2D eigenvalue weighted by Crippen LogP contribution is 2.07. The maximum Gasteiger partial charge on any atom is 0.136 e. The average Bonchev–Trinajstić information content (AvgIpc) is 2.50. The van der Waals surface area contributed by atoms with E-state index in [0.29, 0.717) is 5.88 Å². The topological polar surface area (TPSA) is 17.3 Å². The average molecular weight is 203 g/mol. The number of nitrogens with zero attached hydrogens (tertiary/aromatic N) is 2. The van der Waals surface area contributed by atoms with Crippen molar-refractivity contribution in [2.45, 2.75) is 5.88 Å². The molecular formula is C8H8Cl2N2. The van der Waals surface area contributed by atoms with E-state index in [1.54, 1.807) is 6.20 Å². The van der Waals surface area contributed by atoms with Gasteiger partial charge in [0, 0.05) is 18.1 Å². The van der Waals surface area contributed by atoms with Crippen LogP contribution in [-0.2, 0) is 5.88 Å². The fraction of sp³-hybridized carbons (Fsp3) is 0.125. The minimum atomic E-state index is 0. The minimum absolute atomic E-state index is 0. The van der Waals surface area contributed by atoms with Gasteiger partial charge >= 0.3 is 0 Å². The fourth-order valence-corrected chi connectivity index (χ4v) is 1.33. The summed E-state index contributed by atoms with van der Waals surface area (Å²) in [4.78, 5) is 4.13. The summed E-state index contributed by atoms with van der Waals surface area (Å²) < 4.78 is 1.98. The Kier molecular flexibility index (Phi) is 2.95. The van der Waals surface area contributed by atoms with Crippen molar-refractivity contribution in [2.75, 3.05) is 0 Å². The molecule has 2 aromatic rings. The standard InChI is InChI=1S/C8H7ClN2.ClH/c9-6-7-2-1-3-8-10-4-5-11(7)8;/h1-5H,6H2;1H. The molecule has 0 aliphatic heterocycles. The van der Waals surface area contributed by atoms with Crippen LogP contribution in [-0.4, -0.2) is 9.38 Å². The van der Waals surface area contributed by atoms with E-state index >= 15 is 0 Å². The highest BCUT2D eigenvalue weighted by molar-refractivity contribution is 6.16. The Morgan fingerprint density at radius 1 is 1.42 bits per heavy atom. The van der Waals surface area contributed by atoms with Crippen LogP contribution in [0.3, 0.4) is 0 Å². The van der Waals surface area contributed by atoms with Gasteiger partial charge in [-0.05, 0) is 12.1 Å². The summed E-state index contributed by atoms with van der Waals surface area (Å²) in [6.45, 7) is 0. The van der Waals surface area contributed by atoms with E-state index < -0.39 is 0 Å². The van der Waals surface area contributed by atoms with Crippen LogP contribution in [0.1, 0.15) is 5.69 Å². The lowest BCUT2D eigenvalue weighted by molar-refractivity contribution is 1.07. The largest absolute Gasteiger partial charge is 0.303 e. The van der Waals surface area contributed by atoms with Crippen LogP contribution in [0.2, 0.25) is 0 Å². The highest BCUT2D eigenvalue weighted by atomic mass is 35.5. The number of hydrogen-bond donors (Lipinski definition) is 0. The van der Waals surface area contributed by atoms with Crippen LogP contribution >= 0.6 is 24.0 Å². The Morgan fingerprint density at radius 3 is 3.00 bits per heavy atom. The van der Waals surface area contributed by atoms with Crippen molar-refractivity contribution in [3.05, 3.63) is 36.3 Å². The molecule has 2 nitrogen and oxygen atoms in total. The molecule has 2 rings (SSSR count). The Balaban J connectivity index is 0.000000720. The molecule has 0 bridgehead atoms. The SMILES string of the molecule is Cl.ClCc1cccc2nccn12. The summed E-state index contributed by atoms with van der Waals surface area (Å²) in [6.07, 6.45) is 3.68. The summed E-state index contributed by atoms with van der Waals surface area (Å²) in [5.74, 6) is 0.522. The van der Waals surface area contributed by atoms with Gasteiger partial charge in [0.1, 0.15) is 5.65 Å². The second kappa shape index (κ2) is 3.78. The molecule has 0 N–H and O–H groups in total. The summed E-state index contributed by atoms with van der Waals surface area (Å²) in [5.41, 5.74) is 2.02. The molecule has 0 saturated heterocycles. The van der Waals surface area contributed by atoms with Crippen molar-refractivity contribution in [1.82, 2.24) is 9.38 Å². The fourth-order valence-electron chi connectivity index (χ4n) is 1.12. The number of alkyl halides is 1. The Labute approximate surface area is 81.6 Å². The van der Waals surface area contributed by atoms with Gasteiger partial charge in [-0.15, -0.1) is 24.0 Å². The second-order valence-electron chi connectivity index (χ2n) is 2.31. The molecule has 2 aromatic heterocycles. The number of halogens is 2. The Hall–Kier alpha value is -0.730. The van der Waals surface area contributed by atoms with Crippen molar-refractivity contribution in [1.29, 1.82) is 0 Å². The summed E-state index contributed by atoms with van der Waals surface area (Å²) in [7, 11) is 0. The van der Waals surface area contributed by atoms with Crippen LogP contribution in [0.25, 0.3) is 5.65 Å². The number of aromatic nitrogens is 2. The van der Waals surface area contributed by atoms with Gasteiger partial charge in [0.25, 0.3) is 0 Å². The van der Waals surface area contributed by atoms with Crippen molar-refractivity contribution >= 4 is 29.7 Å². The van der Waals surface area contributed by atoms with Gasteiger partial charge < -0.3 is 4.40 Å². The molecule has 0 aliphatic rings. The summed E-state index contributed by atoms with van der Waals surface area (Å²) >= 11 is 5.71. The molecule has 4 heteroatoms. The van der Waals surface area contributed by atoms with Crippen molar-refractivity contribution in [2.24, 2.45) is 0 Å². The van der Waals surface area contributed by atoms with Crippen LogP contribution in [0, 0.1) is 0 Å². The zero-order valence-corrected chi connectivity index (χ0v) is 7.85. The molecule has 12 heavy (non-hydrogen) atoms. The van der Waals surface area contributed by atoms with Gasteiger partial charge in [0.2, 0.25) is 0 Å². The number of pyridine rings is 1. The molecule has 0 atom stereocenters. The number of imidazole rings is 1. The van der Waals surface area contributed by atoms with Gasteiger partial charge in [-0.25, -0.2) is 4.98 Å². The molecule has 64 valence electrons. The lowest BCUT2D eigenvalue weighted by Gasteiger charge is -1.98. The predicted molar refractivity (Wildman–Crippen MR) is 52.0 cm³/mol. The maximum absolute atomic E-state index is 5.71. The van der Waals surface area contributed by atoms with Crippen LogP contribution < -0.4 is 0 Å². The molecule has 0 saturated carbocycles. The minimum Gasteiger partial charge on any atom is -0.303 e. The molecule has 0 unspecified atom stereocenters. The van der Waals surface area contributed by atoms with Gasteiger partial charge in [0.05, 0.1) is 5.88 Å². The van der Waals surface area contributed by atoms with Crippen LogP contribution in [0.5, 0.6) is 0 Å². The molecule has 0 aliphatic carbocycles. The van der Waals surface area contributed by atoms with E-state index in [2.05, 4.69) is 4.98 Å². The van der Waals surface area contributed by atoms with E-state index in [-0.39, 0.29) is 12.4 Å². The quantitative estimate of drug-likeness (QED) is 0.651. The lowest BCUT2D eigenvalue weighted by atomic mass is 10.4. The highest BCUT2D eigenvalue weighted by Gasteiger charge is 1.96. The number of rotatable bonds is 1. The van der Waals surface area contributed by atoms with Crippen LogP contribution in [0.4, 0.5) is 0 Å². The first kappa shape index (κ1) is 9.36. The first-order valence-electron chi connectivity index (χ1n) is 3.39. The third-order valence-corrected chi connectivity index (χ3v) is 1.92. The third kappa shape index (κ3) is 1.40. The van der Waals surface area contributed by atoms with Crippen molar-refractivity contribution in [3.8, 4) is 0 Å². The van der Waals surface area contributed by atoms with Gasteiger partial charge in [-0.3, -0.25) is 0 Å². The molecule has 0 aromatic carbocycles. The van der Waals surface area contributed by atoms with E-state index in [9.17, 15) is 0 Å². The molecule has 0 radical (unpaired) electrons. The maximum atomic E-state index is 5.71.